The Labute approximate surface area is 132 Å². The molecule has 2 nitrogen and oxygen atoms in total. The number of halogens is 2. The van der Waals surface area contributed by atoms with Gasteiger partial charge in [0.25, 0.3) is 0 Å². The van der Waals surface area contributed by atoms with E-state index in [1.54, 1.807) is 6.07 Å². The zero-order valence-electron chi connectivity index (χ0n) is 11.5. The molecule has 1 amide bonds. The van der Waals surface area contributed by atoms with Crippen LogP contribution in [0.2, 0.25) is 5.02 Å². The lowest BCUT2D eigenvalue weighted by atomic mass is 10.1. The van der Waals surface area contributed by atoms with E-state index in [-0.39, 0.29) is 17.3 Å². The summed E-state index contributed by atoms with van der Waals surface area (Å²) in [6.45, 7) is 2.04. The average molecular weight is 324 g/mol. The lowest BCUT2D eigenvalue weighted by Crippen LogP contribution is -2.15. The minimum Gasteiger partial charge on any atom is -0.323 e. The summed E-state index contributed by atoms with van der Waals surface area (Å²) in [5, 5.41) is 2.85. The summed E-state index contributed by atoms with van der Waals surface area (Å²) in [6, 6.07) is 12.2. The number of thioether (sulfide) groups is 1. The van der Waals surface area contributed by atoms with Crippen LogP contribution in [0.1, 0.15) is 11.1 Å². The Hall–Kier alpha value is -1.52. The van der Waals surface area contributed by atoms with E-state index in [1.807, 2.05) is 31.2 Å². The van der Waals surface area contributed by atoms with Crippen molar-refractivity contribution in [3.8, 4) is 0 Å². The van der Waals surface area contributed by atoms with Crippen molar-refractivity contribution in [3.63, 3.8) is 0 Å². The number of rotatable bonds is 5. The van der Waals surface area contributed by atoms with Crippen molar-refractivity contribution >= 4 is 35.0 Å². The Bertz CT molecular complexity index is 648. The molecule has 2 aromatic carbocycles. The third-order valence-corrected chi connectivity index (χ3v) is 4.17. The topological polar surface area (TPSA) is 29.1 Å². The molecule has 0 aromatic heterocycles. The maximum atomic E-state index is 13.5. The van der Waals surface area contributed by atoms with Gasteiger partial charge in [-0.15, -0.1) is 11.8 Å². The first kappa shape index (κ1) is 15.9. The molecule has 2 rings (SSSR count). The highest BCUT2D eigenvalue weighted by Crippen LogP contribution is 2.20. The first-order chi connectivity index (χ1) is 10.1. The predicted octanol–water partition coefficient (Wildman–Crippen LogP) is 4.66. The third-order valence-electron chi connectivity index (χ3n) is 2.96. The minimum absolute atomic E-state index is 0.154. The van der Waals surface area contributed by atoms with Crippen molar-refractivity contribution in [1.29, 1.82) is 0 Å². The molecule has 0 aliphatic rings. The van der Waals surface area contributed by atoms with Crippen LogP contribution in [0.25, 0.3) is 0 Å². The van der Waals surface area contributed by atoms with Crippen LogP contribution in [0.3, 0.4) is 0 Å². The van der Waals surface area contributed by atoms with Crippen molar-refractivity contribution in [1.82, 2.24) is 0 Å². The van der Waals surface area contributed by atoms with Gasteiger partial charge in [-0.3, -0.25) is 4.79 Å². The highest BCUT2D eigenvalue weighted by atomic mass is 35.5. The number of anilines is 1. The van der Waals surface area contributed by atoms with Gasteiger partial charge in [0, 0.05) is 10.8 Å². The Morgan fingerprint density at radius 3 is 2.76 bits per heavy atom. The van der Waals surface area contributed by atoms with Crippen LogP contribution in [0.15, 0.2) is 42.5 Å². The van der Waals surface area contributed by atoms with E-state index >= 15 is 0 Å². The molecule has 1 N–H and O–H groups in total. The first-order valence-corrected chi connectivity index (χ1v) is 7.96. The number of carbonyl (C=O) groups excluding carboxylic acids is 1. The van der Waals surface area contributed by atoms with E-state index in [4.69, 9.17) is 11.6 Å². The summed E-state index contributed by atoms with van der Waals surface area (Å²) in [6.07, 6.45) is 0. The molecule has 0 aliphatic carbocycles. The van der Waals surface area contributed by atoms with Crippen LogP contribution in [-0.2, 0) is 10.5 Å². The molecule has 0 saturated heterocycles. The summed E-state index contributed by atoms with van der Waals surface area (Å²) in [5.41, 5.74) is 2.56. The number of benzene rings is 2. The third kappa shape index (κ3) is 4.76. The van der Waals surface area contributed by atoms with Crippen LogP contribution in [-0.4, -0.2) is 11.7 Å². The van der Waals surface area contributed by atoms with E-state index in [2.05, 4.69) is 5.32 Å². The summed E-state index contributed by atoms with van der Waals surface area (Å²) in [4.78, 5) is 11.8. The zero-order valence-corrected chi connectivity index (χ0v) is 13.1. The maximum Gasteiger partial charge on any atom is 0.234 e. The number of nitrogens with one attached hydrogen (secondary N) is 1. The Balaban J connectivity index is 1.84. The molecule has 0 unspecified atom stereocenters. The first-order valence-electron chi connectivity index (χ1n) is 6.43. The minimum atomic E-state index is -0.528. The molecule has 0 heterocycles. The van der Waals surface area contributed by atoms with E-state index in [0.717, 1.165) is 5.75 Å². The van der Waals surface area contributed by atoms with Gasteiger partial charge >= 0.3 is 0 Å². The van der Waals surface area contributed by atoms with Gasteiger partial charge in [0.2, 0.25) is 5.91 Å². The number of hydrogen-bond acceptors (Lipinski definition) is 2. The van der Waals surface area contributed by atoms with Gasteiger partial charge in [-0.2, -0.15) is 0 Å². The highest BCUT2D eigenvalue weighted by Gasteiger charge is 2.08. The summed E-state index contributed by atoms with van der Waals surface area (Å²) < 4.78 is 13.5. The molecule has 21 heavy (non-hydrogen) atoms. The molecule has 0 radical (unpaired) electrons. The standard InChI is InChI=1S/C16H15ClFNOS/c1-11-4-2-3-5-12(11)9-21-10-16(20)19-15-7-6-13(17)8-14(15)18/h2-8H,9-10H2,1H3,(H,19,20). The molecule has 0 spiro atoms. The van der Waals surface area contributed by atoms with Crippen molar-refractivity contribution in [2.75, 3.05) is 11.1 Å². The van der Waals surface area contributed by atoms with E-state index in [1.165, 1.54) is 35.0 Å². The van der Waals surface area contributed by atoms with Crippen LogP contribution in [0.4, 0.5) is 10.1 Å². The fourth-order valence-corrected chi connectivity index (χ4v) is 2.87. The summed E-state index contributed by atoms with van der Waals surface area (Å²) in [5.74, 6) is 0.272. The molecule has 5 heteroatoms. The largest absolute Gasteiger partial charge is 0.323 e. The van der Waals surface area contributed by atoms with Crippen LogP contribution >= 0.6 is 23.4 Å². The average Bonchev–Trinajstić information content (AvgIpc) is 2.44. The second-order valence-electron chi connectivity index (χ2n) is 4.59. The smallest absolute Gasteiger partial charge is 0.234 e. The van der Waals surface area contributed by atoms with Gasteiger partial charge in [0.05, 0.1) is 11.4 Å². The Morgan fingerprint density at radius 2 is 2.05 bits per heavy atom. The zero-order chi connectivity index (χ0) is 15.2. The van der Waals surface area contributed by atoms with E-state index in [9.17, 15) is 9.18 Å². The Morgan fingerprint density at radius 1 is 1.29 bits per heavy atom. The van der Waals surface area contributed by atoms with Gasteiger partial charge in [0.1, 0.15) is 5.82 Å². The number of hydrogen-bond donors (Lipinski definition) is 1. The summed E-state index contributed by atoms with van der Waals surface area (Å²) >= 11 is 7.16. The van der Waals surface area contributed by atoms with E-state index < -0.39 is 5.82 Å². The monoisotopic (exact) mass is 323 g/mol. The molecule has 0 fully saturated rings. The maximum absolute atomic E-state index is 13.5. The molecule has 0 atom stereocenters. The van der Waals surface area contributed by atoms with Gasteiger partial charge in [-0.05, 0) is 36.2 Å². The summed E-state index contributed by atoms with van der Waals surface area (Å²) in [7, 11) is 0. The molecule has 110 valence electrons. The lowest BCUT2D eigenvalue weighted by Gasteiger charge is -2.07. The second kappa shape index (κ2) is 7.48. The molecule has 0 saturated carbocycles. The van der Waals surface area contributed by atoms with Crippen LogP contribution in [0, 0.1) is 12.7 Å². The Kier molecular flexibility index (Phi) is 5.65. The van der Waals surface area contributed by atoms with Gasteiger partial charge in [0.15, 0.2) is 0 Å². The lowest BCUT2D eigenvalue weighted by molar-refractivity contribution is -0.113. The fourth-order valence-electron chi connectivity index (χ4n) is 1.80. The van der Waals surface area contributed by atoms with Crippen molar-refractivity contribution in [2.45, 2.75) is 12.7 Å². The molecule has 2 aromatic rings. The molecule has 0 bridgehead atoms. The molecule has 0 aliphatic heterocycles. The number of aryl methyl sites for hydroxylation is 1. The quantitative estimate of drug-likeness (QED) is 0.867. The van der Waals surface area contributed by atoms with Crippen LogP contribution < -0.4 is 5.32 Å². The van der Waals surface area contributed by atoms with Gasteiger partial charge in [-0.1, -0.05) is 35.9 Å². The SMILES string of the molecule is Cc1ccccc1CSCC(=O)Nc1ccc(Cl)cc1F. The van der Waals surface area contributed by atoms with Crippen LogP contribution in [0.5, 0.6) is 0 Å². The second-order valence-corrected chi connectivity index (χ2v) is 6.01. The normalized spacial score (nSPS) is 10.4. The van der Waals surface area contributed by atoms with Crippen molar-refractivity contribution in [2.24, 2.45) is 0 Å². The number of carbonyl (C=O) groups is 1. The van der Waals surface area contributed by atoms with Crippen molar-refractivity contribution < 1.29 is 9.18 Å². The van der Waals surface area contributed by atoms with Gasteiger partial charge in [-0.25, -0.2) is 4.39 Å². The number of amides is 1. The van der Waals surface area contributed by atoms with Gasteiger partial charge < -0.3 is 5.32 Å². The fraction of sp³-hybridized carbons (Fsp3) is 0.188. The predicted molar refractivity (Wildman–Crippen MR) is 87.4 cm³/mol. The molecular formula is C16H15ClFNOS. The molecular weight excluding hydrogens is 309 g/mol. The highest BCUT2D eigenvalue weighted by molar-refractivity contribution is 7.99. The van der Waals surface area contributed by atoms with Crippen molar-refractivity contribution in [3.05, 3.63) is 64.4 Å². The van der Waals surface area contributed by atoms with E-state index in [0.29, 0.717) is 5.02 Å².